The van der Waals surface area contributed by atoms with Crippen molar-refractivity contribution in [3.8, 4) is 11.1 Å². The molecule has 4 heteroatoms. The molecule has 2 N–H and O–H groups in total. The summed E-state index contributed by atoms with van der Waals surface area (Å²) in [6.45, 7) is 11.5. The molecule has 3 rings (SSSR count). The largest absolute Gasteiger partial charge is 0.347 e. The molecule has 0 radical (unpaired) electrons. The molecule has 3 aromatic carbocycles. The molecule has 2 amide bonds. The van der Waals surface area contributed by atoms with Crippen LogP contribution < -0.4 is 10.6 Å². The number of benzene rings is 3. The minimum atomic E-state index is -0.509. The lowest BCUT2D eigenvalue weighted by atomic mass is 9.94. The number of amides is 2. The summed E-state index contributed by atoms with van der Waals surface area (Å²) in [5.74, 6) is -0.210. The van der Waals surface area contributed by atoms with E-state index in [1.54, 1.807) is 12.1 Å². The highest BCUT2D eigenvalue weighted by molar-refractivity contribution is 6.04. The fraction of sp³-hybridized carbons (Fsp3) is 0.308. The molecule has 0 saturated heterocycles. The first-order chi connectivity index (χ1) is 13.9. The van der Waals surface area contributed by atoms with E-state index >= 15 is 0 Å². The van der Waals surface area contributed by atoms with Gasteiger partial charge in [-0.15, -0.1) is 0 Å². The van der Waals surface area contributed by atoms with E-state index in [0.717, 1.165) is 21.9 Å². The first-order valence-electron chi connectivity index (χ1n) is 10.2. The molecular weight excluding hydrogens is 372 g/mol. The molecule has 0 unspecified atom stereocenters. The molecule has 0 aromatic heterocycles. The van der Waals surface area contributed by atoms with Gasteiger partial charge in [-0.25, -0.2) is 0 Å². The van der Waals surface area contributed by atoms with Gasteiger partial charge in [0, 0.05) is 22.2 Å². The lowest BCUT2D eigenvalue weighted by Crippen LogP contribution is -2.40. The van der Waals surface area contributed by atoms with E-state index in [4.69, 9.17) is 0 Å². The van der Waals surface area contributed by atoms with Crippen molar-refractivity contribution >= 4 is 28.3 Å². The van der Waals surface area contributed by atoms with Crippen LogP contribution in [0.3, 0.4) is 0 Å². The van der Waals surface area contributed by atoms with Gasteiger partial charge in [-0.2, -0.15) is 0 Å². The second kappa shape index (κ2) is 7.94. The molecule has 0 heterocycles. The maximum Gasteiger partial charge on any atom is 0.252 e. The number of rotatable bonds is 3. The van der Waals surface area contributed by atoms with E-state index in [2.05, 4.69) is 34.9 Å². The van der Waals surface area contributed by atoms with Crippen LogP contribution in [0.5, 0.6) is 0 Å². The van der Waals surface area contributed by atoms with E-state index in [0.29, 0.717) is 11.3 Å². The van der Waals surface area contributed by atoms with Crippen LogP contribution in [0.2, 0.25) is 0 Å². The van der Waals surface area contributed by atoms with Gasteiger partial charge in [0.05, 0.1) is 0 Å². The van der Waals surface area contributed by atoms with Crippen molar-refractivity contribution in [2.24, 2.45) is 5.41 Å². The zero-order valence-corrected chi connectivity index (χ0v) is 18.6. The Hall–Kier alpha value is -3.14. The summed E-state index contributed by atoms with van der Waals surface area (Å²) in [6, 6.07) is 19.7. The second-order valence-corrected chi connectivity index (χ2v) is 9.73. The zero-order chi connectivity index (χ0) is 22.1. The Bertz CT molecular complexity index is 1100. The quantitative estimate of drug-likeness (QED) is 0.563. The van der Waals surface area contributed by atoms with Crippen molar-refractivity contribution < 1.29 is 9.59 Å². The van der Waals surface area contributed by atoms with Gasteiger partial charge in [0.25, 0.3) is 5.91 Å². The topological polar surface area (TPSA) is 58.2 Å². The Morgan fingerprint density at radius 2 is 1.43 bits per heavy atom. The van der Waals surface area contributed by atoms with Gasteiger partial charge in [-0.1, -0.05) is 57.2 Å². The molecule has 0 spiro atoms. The highest BCUT2D eigenvalue weighted by Gasteiger charge is 2.23. The molecule has 3 aromatic rings. The van der Waals surface area contributed by atoms with E-state index in [1.165, 1.54) is 0 Å². The van der Waals surface area contributed by atoms with Crippen LogP contribution in [-0.4, -0.2) is 17.4 Å². The van der Waals surface area contributed by atoms with Gasteiger partial charge >= 0.3 is 0 Å². The van der Waals surface area contributed by atoms with Crippen LogP contribution in [0.15, 0.2) is 60.7 Å². The van der Waals surface area contributed by atoms with Crippen LogP contribution in [0.4, 0.5) is 5.69 Å². The number of carbonyl (C=O) groups excluding carboxylic acids is 2. The standard InChI is InChI=1S/C26H30N2O2/c1-25(2,3)24(30)27-20-13-14-21(23(29)28-26(4,5)6)22(16-20)19-12-11-17-9-7-8-10-18(17)15-19/h7-16H,1-6H3,(H,27,30)(H,28,29). The third-order valence-electron chi connectivity index (χ3n) is 4.75. The molecular formula is C26H30N2O2. The van der Waals surface area contributed by atoms with Crippen molar-refractivity contribution in [3.63, 3.8) is 0 Å². The van der Waals surface area contributed by atoms with Crippen molar-refractivity contribution in [2.45, 2.75) is 47.1 Å². The summed E-state index contributed by atoms with van der Waals surface area (Å²) in [5, 5.41) is 8.25. The van der Waals surface area contributed by atoms with E-state index in [1.807, 2.05) is 65.8 Å². The number of anilines is 1. The van der Waals surface area contributed by atoms with Gasteiger partial charge in [0.15, 0.2) is 0 Å². The number of fused-ring (bicyclic) bond motifs is 1. The highest BCUT2D eigenvalue weighted by atomic mass is 16.2. The predicted molar refractivity (Wildman–Crippen MR) is 125 cm³/mol. The Kier molecular flexibility index (Phi) is 5.71. The van der Waals surface area contributed by atoms with E-state index < -0.39 is 5.41 Å². The summed E-state index contributed by atoms with van der Waals surface area (Å²) in [6.07, 6.45) is 0. The molecule has 0 saturated carbocycles. The lowest BCUT2D eigenvalue weighted by molar-refractivity contribution is -0.123. The van der Waals surface area contributed by atoms with Gasteiger partial charge in [-0.05, 0) is 66.9 Å². The average Bonchev–Trinajstić information content (AvgIpc) is 2.65. The number of hydrogen-bond acceptors (Lipinski definition) is 2. The number of carbonyl (C=O) groups is 2. The minimum absolute atomic E-state index is 0.0705. The van der Waals surface area contributed by atoms with Gasteiger partial charge in [0.1, 0.15) is 0 Å². The normalized spacial score (nSPS) is 11.9. The summed E-state index contributed by atoms with van der Waals surface area (Å²) in [7, 11) is 0. The van der Waals surface area contributed by atoms with Crippen LogP contribution in [0, 0.1) is 5.41 Å². The van der Waals surface area contributed by atoms with Crippen LogP contribution in [0.25, 0.3) is 21.9 Å². The third kappa shape index (κ3) is 5.07. The summed E-state index contributed by atoms with van der Waals surface area (Å²) < 4.78 is 0. The first-order valence-corrected chi connectivity index (χ1v) is 10.2. The Morgan fingerprint density at radius 3 is 2.07 bits per heavy atom. The molecule has 4 nitrogen and oxygen atoms in total. The summed E-state index contributed by atoms with van der Waals surface area (Å²) in [4.78, 5) is 25.5. The fourth-order valence-corrected chi connectivity index (χ4v) is 3.14. The molecule has 156 valence electrons. The van der Waals surface area contributed by atoms with Crippen LogP contribution in [0.1, 0.15) is 51.9 Å². The van der Waals surface area contributed by atoms with Crippen LogP contribution >= 0.6 is 0 Å². The van der Waals surface area contributed by atoms with Crippen molar-refractivity contribution in [2.75, 3.05) is 5.32 Å². The summed E-state index contributed by atoms with van der Waals surface area (Å²) >= 11 is 0. The van der Waals surface area contributed by atoms with Gasteiger partial charge in [-0.3, -0.25) is 9.59 Å². The Labute approximate surface area is 178 Å². The first kappa shape index (κ1) is 21.6. The smallest absolute Gasteiger partial charge is 0.252 e. The molecule has 0 atom stereocenters. The fourth-order valence-electron chi connectivity index (χ4n) is 3.14. The van der Waals surface area contributed by atoms with Gasteiger partial charge < -0.3 is 10.6 Å². The monoisotopic (exact) mass is 402 g/mol. The molecule has 30 heavy (non-hydrogen) atoms. The number of nitrogens with one attached hydrogen (secondary N) is 2. The minimum Gasteiger partial charge on any atom is -0.347 e. The van der Waals surface area contributed by atoms with Gasteiger partial charge in [0.2, 0.25) is 5.91 Å². The van der Waals surface area contributed by atoms with Crippen molar-refractivity contribution in [1.29, 1.82) is 0 Å². The Balaban J connectivity index is 2.10. The maximum atomic E-state index is 13.0. The Morgan fingerprint density at radius 1 is 0.767 bits per heavy atom. The van der Waals surface area contributed by atoms with Crippen molar-refractivity contribution in [3.05, 3.63) is 66.2 Å². The molecule has 0 fully saturated rings. The highest BCUT2D eigenvalue weighted by Crippen LogP contribution is 2.31. The zero-order valence-electron chi connectivity index (χ0n) is 18.6. The van der Waals surface area contributed by atoms with E-state index in [9.17, 15) is 9.59 Å². The van der Waals surface area contributed by atoms with E-state index in [-0.39, 0.29) is 17.4 Å². The molecule has 0 aliphatic rings. The molecule has 0 bridgehead atoms. The SMILES string of the molecule is CC(C)(C)NC(=O)c1ccc(NC(=O)C(C)(C)C)cc1-c1ccc2ccccc2c1. The van der Waals surface area contributed by atoms with Crippen LogP contribution in [-0.2, 0) is 4.79 Å². The number of hydrogen-bond donors (Lipinski definition) is 2. The summed E-state index contributed by atoms with van der Waals surface area (Å²) in [5.41, 5.74) is 2.11. The molecule has 0 aliphatic heterocycles. The maximum absolute atomic E-state index is 13.0. The lowest BCUT2D eigenvalue weighted by Gasteiger charge is -2.22. The van der Waals surface area contributed by atoms with Crippen molar-refractivity contribution in [1.82, 2.24) is 5.32 Å². The third-order valence-corrected chi connectivity index (χ3v) is 4.75. The second-order valence-electron chi connectivity index (χ2n) is 9.73. The predicted octanol–water partition coefficient (Wildman–Crippen LogP) is 6.02. The molecule has 0 aliphatic carbocycles. The average molecular weight is 403 g/mol.